The van der Waals surface area contributed by atoms with Crippen LogP contribution in [0.3, 0.4) is 0 Å². The van der Waals surface area contributed by atoms with Crippen LogP contribution in [0.25, 0.3) is 0 Å². The molecule has 2 aliphatic rings. The molecule has 0 aromatic carbocycles. The van der Waals surface area contributed by atoms with E-state index in [4.69, 9.17) is 0 Å². The number of imidazole rings is 1. The summed E-state index contributed by atoms with van der Waals surface area (Å²) in [6, 6.07) is 0. The SMILES string of the molecule is Cn1ccnc1CCN1CCNCC12CCCCC2. The Morgan fingerprint density at radius 2 is 2.16 bits per heavy atom. The molecule has 4 heteroatoms. The Morgan fingerprint density at radius 1 is 1.32 bits per heavy atom. The summed E-state index contributed by atoms with van der Waals surface area (Å²) in [7, 11) is 2.09. The van der Waals surface area contributed by atoms with Gasteiger partial charge in [0.25, 0.3) is 0 Å². The predicted octanol–water partition coefficient (Wildman–Crippen LogP) is 1.57. The Bertz CT molecular complexity index is 398. The van der Waals surface area contributed by atoms with Crippen LogP contribution in [-0.2, 0) is 13.5 Å². The van der Waals surface area contributed by atoms with E-state index in [9.17, 15) is 0 Å². The van der Waals surface area contributed by atoms with Gasteiger partial charge in [-0.2, -0.15) is 0 Å². The van der Waals surface area contributed by atoms with Gasteiger partial charge in [-0.3, -0.25) is 4.90 Å². The molecule has 0 radical (unpaired) electrons. The lowest BCUT2D eigenvalue weighted by molar-refractivity contribution is 0.0281. The van der Waals surface area contributed by atoms with Crippen molar-refractivity contribution < 1.29 is 0 Å². The second kappa shape index (κ2) is 5.63. The highest BCUT2D eigenvalue weighted by Gasteiger charge is 2.39. The number of nitrogens with one attached hydrogen (secondary N) is 1. The predicted molar refractivity (Wildman–Crippen MR) is 77.2 cm³/mol. The lowest BCUT2D eigenvalue weighted by Gasteiger charge is -2.50. The van der Waals surface area contributed by atoms with Crippen molar-refractivity contribution in [2.45, 2.75) is 44.1 Å². The molecule has 0 bridgehead atoms. The van der Waals surface area contributed by atoms with E-state index < -0.39 is 0 Å². The molecule has 0 amide bonds. The standard InChI is InChI=1S/C15H26N4/c1-18-11-9-17-14(18)5-10-19-12-8-16-13-15(19)6-3-2-4-7-15/h9,11,16H,2-8,10,12-13H2,1H3. The van der Waals surface area contributed by atoms with E-state index in [2.05, 4.69) is 26.8 Å². The number of hydrogen-bond acceptors (Lipinski definition) is 3. The first-order valence-corrected chi connectivity index (χ1v) is 7.72. The van der Waals surface area contributed by atoms with E-state index in [1.807, 2.05) is 12.4 Å². The van der Waals surface area contributed by atoms with Crippen LogP contribution >= 0.6 is 0 Å². The van der Waals surface area contributed by atoms with Gasteiger partial charge in [0, 0.05) is 57.6 Å². The Morgan fingerprint density at radius 3 is 2.89 bits per heavy atom. The van der Waals surface area contributed by atoms with E-state index in [0.29, 0.717) is 5.54 Å². The van der Waals surface area contributed by atoms with Gasteiger partial charge in [0.1, 0.15) is 5.82 Å². The lowest BCUT2D eigenvalue weighted by Crippen LogP contribution is -2.62. The summed E-state index contributed by atoms with van der Waals surface area (Å²) in [6.07, 6.45) is 12.0. The average Bonchev–Trinajstić information content (AvgIpc) is 2.84. The fourth-order valence-corrected chi connectivity index (χ4v) is 3.81. The van der Waals surface area contributed by atoms with Gasteiger partial charge >= 0.3 is 0 Å². The number of aromatic nitrogens is 2. The van der Waals surface area contributed by atoms with Crippen molar-refractivity contribution in [1.82, 2.24) is 19.8 Å². The molecule has 1 spiro atoms. The van der Waals surface area contributed by atoms with Crippen LogP contribution in [0.2, 0.25) is 0 Å². The molecule has 3 rings (SSSR count). The smallest absolute Gasteiger partial charge is 0.109 e. The van der Waals surface area contributed by atoms with Crippen LogP contribution < -0.4 is 5.32 Å². The van der Waals surface area contributed by atoms with Gasteiger partial charge in [-0.15, -0.1) is 0 Å². The third-order valence-electron chi connectivity index (χ3n) is 4.99. The van der Waals surface area contributed by atoms with E-state index in [1.165, 1.54) is 51.0 Å². The molecule has 2 heterocycles. The minimum absolute atomic E-state index is 0.446. The largest absolute Gasteiger partial charge is 0.338 e. The zero-order chi connectivity index (χ0) is 13.1. The second-order valence-corrected chi connectivity index (χ2v) is 6.15. The molecule has 19 heavy (non-hydrogen) atoms. The monoisotopic (exact) mass is 262 g/mol. The minimum Gasteiger partial charge on any atom is -0.338 e. The van der Waals surface area contributed by atoms with Gasteiger partial charge in [-0.05, 0) is 12.8 Å². The zero-order valence-electron chi connectivity index (χ0n) is 12.1. The number of aryl methyl sites for hydroxylation is 1. The third-order valence-corrected chi connectivity index (χ3v) is 4.99. The molecular formula is C15H26N4. The number of hydrogen-bond donors (Lipinski definition) is 1. The van der Waals surface area contributed by atoms with E-state index in [1.54, 1.807) is 0 Å². The maximum Gasteiger partial charge on any atom is 0.109 e. The summed E-state index contributed by atoms with van der Waals surface area (Å²) in [5.41, 5.74) is 0.446. The van der Waals surface area contributed by atoms with Crippen molar-refractivity contribution >= 4 is 0 Å². The van der Waals surface area contributed by atoms with Gasteiger partial charge in [-0.1, -0.05) is 19.3 Å². The quantitative estimate of drug-likeness (QED) is 0.897. The van der Waals surface area contributed by atoms with Crippen molar-refractivity contribution in [3.05, 3.63) is 18.2 Å². The van der Waals surface area contributed by atoms with Crippen molar-refractivity contribution in [3.63, 3.8) is 0 Å². The van der Waals surface area contributed by atoms with Crippen LogP contribution in [0.5, 0.6) is 0 Å². The van der Waals surface area contributed by atoms with Gasteiger partial charge in [-0.25, -0.2) is 4.98 Å². The maximum atomic E-state index is 4.45. The number of piperazine rings is 1. The summed E-state index contributed by atoms with van der Waals surface area (Å²) >= 11 is 0. The molecule has 1 aromatic rings. The van der Waals surface area contributed by atoms with Crippen molar-refractivity contribution in [3.8, 4) is 0 Å². The van der Waals surface area contributed by atoms with Crippen LogP contribution in [0.4, 0.5) is 0 Å². The summed E-state index contributed by atoms with van der Waals surface area (Å²) in [5, 5.41) is 3.62. The third kappa shape index (κ3) is 2.70. The zero-order valence-corrected chi connectivity index (χ0v) is 12.1. The highest BCUT2D eigenvalue weighted by molar-refractivity contribution is 5.00. The fraction of sp³-hybridized carbons (Fsp3) is 0.800. The van der Waals surface area contributed by atoms with Crippen molar-refractivity contribution in [2.24, 2.45) is 7.05 Å². The molecule has 4 nitrogen and oxygen atoms in total. The normalized spacial score (nSPS) is 23.8. The molecule has 1 saturated heterocycles. The van der Waals surface area contributed by atoms with Crippen molar-refractivity contribution in [2.75, 3.05) is 26.2 Å². The maximum absolute atomic E-state index is 4.45. The molecule has 1 aliphatic carbocycles. The average molecular weight is 262 g/mol. The van der Waals surface area contributed by atoms with Crippen LogP contribution in [0.1, 0.15) is 37.9 Å². The minimum atomic E-state index is 0.446. The number of nitrogens with zero attached hydrogens (tertiary/aromatic N) is 3. The summed E-state index contributed by atoms with van der Waals surface area (Å²) < 4.78 is 2.15. The topological polar surface area (TPSA) is 33.1 Å². The fourth-order valence-electron chi connectivity index (χ4n) is 3.81. The number of rotatable bonds is 3. The molecule has 1 saturated carbocycles. The molecule has 0 atom stereocenters. The summed E-state index contributed by atoms with van der Waals surface area (Å²) in [4.78, 5) is 7.20. The molecule has 106 valence electrons. The highest BCUT2D eigenvalue weighted by Crippen LogP contribution is 2.34. The molecule has 2 fully saturated rings. The van der Waals surface area contributed by atoms with Gasteiger partial charge in [0.15, 0.2) is 0 Å². The van der Waals surface area contributed by atoms with Crippen LogP contribution in [0.15, 0.2) is 12.4 Å². The first-order chi connectivity index (χ1) is 9.30. The lowest BCUT2D eigenvalue weighted by atomic mass is 9.79. The van der Waals surface area contributed by atoms with Crippen LogP contribution in [-0.4, -0.2) is 46.2 Å². The Labute approximate surface area is 116 Å². The molecular weight excluding hydrogens is 236 g/mol. The van der Waals surface area contributed by atoms with E-state index in [-0.39, 0.29) is 0 Å². The van der Waals surface area contributed by atoms with E-state index >= 15 is 0 Å². The first-order valence-electron chi connectivity index (χ1n) is 7.72. The van der Waals surface area contributed by atoms with E-state index in [0.717, 1.165) is 19.5 Å². The van der Waals surface area contributed by atoms with Crippen LogP contribution in [0, 0.1) is 0 Å². The molecule has 0 unspecified atom stereocenters. The molecule has 1 aromatic heterocycles. The van der Waals surface area contributed by atoms with Gasteiger partial charge in [0.05, 0.1) is 0 Å². The summed E-state index contributed by atoms with van der Waals surface area (Å²) in [6.45, 7) is 4.69. The molecule has 1 N–H and O–H groups in total. The molecule has 1 aliphatic heterocycles. The summed E-state index contributed by atoms with van der Waals surface area (Å²) in [5.74, 6) is 1.21. The Kier molecular flexibility index (Phi) is 3.89. The Balaban J connectivity index is 1.65. The van der Waals surface area contributed by atoms with Crippen molar-refractivity contribution in [1.29, 1.82) is 0 Å². The highest BCUT2D eigenvalue weighted by atomic mass is 15.3. The second-order valence-electron chi connectivity index (χ2n) is 6.15. The first kappa shape index (κ1) is 13.1. The Hall–Kier alpha value is -0.870. The van der Waals surface area contributed by atoms with Gasteiger partial charge < -0.3 is 9.88 Å². The van der Waals surface area contributed by atoms with Gasteiger partial charge in [0.2, 0.25) is 0 Å².